The predicted octanol–water partition coefficient (Wildman–Crippen LogP) is 4.32. The molecule has 5 nitrogen and oxygen atoms in total. The molecule has 3 rings (SSSR count). The van der Waals surface area contributed by atoms with E-state index in [0.717, 1.165) is 22.9 Å². The van der Waals surface area contributed by atoms with Gasteiger partial charge in [-0.25, -0.2) is 0 Å². The Bertz CT molecular complexity index is 746. The highest BCUT2D eigenvalue weighted by Gasteiger charge is 2.18. The monoisotopic (exact) mass is 377 g/mol. The van der Waals surface area contributed by atoms with Crippen molar-refractivity contribution in [1.82, 2.24) is 10.2 Å². The number of amides is 1. The van der Waals surface area contributed by atoms with Gasteiger partial charge in [0.1, 0.15) is 5.75 Å². The molecule has 7 heteroatoms. The fourth-order valence-electron chi connectivity index (χ4n) is 2.76. The van der Waals surface area contributed by atoms with Gasteiger partial charge in [-0.2, -0.15) is 0 Å². The van der Waals surface area contributed by atoms with Gasteiger partial charge in [-0.1, -0.05) is 43.0 Å². The van der Waals surface area contributed by atoms with Gasteiger partial charge in [0, 0.05) is 5.25 Å². The lowest BCUT2D eigenvalue weighted by Crippen LogP contribution is -2.30. The van der Waals surface area contributed by atoms with Crippen LogP contribution in [-0.2, 0) is 17.6 Å². The van der Waals surface area contributed by atoms with E-state index in [9.17, 15) is 4.79 Å². The Morgan fingerprint density at radius 1 is 1.20 bits per heavy atom. The van der Waals surface area contributed by atoms with Crippen molar-refractivity contribution < 1.29 is 9.53 Å². The number of hydrogen-bond donors (Lipinski definition) is 1. The zero-order chi connectivity index (χ0) is 17.8. The van der Waals surface area contributed by atoms with Crippen LogP contribution in [0.1, 0.15) is 44.7 Å². The van der Waals surface area contributed by atoms with E-state index >= 15 is 0 Å². The minimum Gasteiger partial charge on any atom is -0.481 e. The quantitative estimate of drug-likeness (QED) is 0.600. The Morgan fingerprint density at radius 3 is 2.72 bits per heavy atom. The maximum absolute atomic E-state index is 12.3. The summed E-state index contributed by atoms with van der Waals surface area (Å²) in [5.74, 6) is 0.534. The number of benzene rings is 1. The summed E-state index contributed by atoms with van der Waals surface area (Å²) in [4.78, 5) is 12.3. The number of fused-ring (bicyclic) bond motifs is 1. The zero-order valence-corrected chi connectivity index (χ0v) is 16.4. The summed E-state index contributed by atoms with van der Waals surface area (Å²) < 4.78 is 6.68. The molecule has 1 atom stereocenters. The van der Waals surface area contributed by atoms with Gasteiger partial charge in [0.2, 0.25) is 5.13 Å². The first-order valence-corrected chi connectivity index (χ1v) is 10.3. The van der Waals surface area contributed by atoms with Crippen molar-refractivity contribution in [3.63, 3.8) is 0 Å². The lowest BCUT2D eigenvalue weighted by molar-refractivity contribution is -0.122. The van der Waals surface area contributed by atoms with Gasteiger partial charge in [-0.3, -0.25) is 10.1 Å². The van der Waals surface area contributed by atoms with Crippen molar-refractivity contribution >= 4 is 34.1 Å². The molecule has 1 amide bonds. The normalized spacial score (nSPS) is 14.9. The third kappa shape index (κ3) is 4.95. The highest BCUT2D eigenvalue weighted by molar-refractivity contribution is 8.01. The Kier molecular flexibility index (Phi) is 5.96. The standard InChI is InChI=1S/C18H23N3O2S2/c1-11(2)24-18-21-20-17(25-18)19-16(22)12(3)23-15-9-8-13-6-4-5-7-14(13)10-15/h8-12H,4-7H2,1-3H3,(H,19,20,22)/t12-/m1/s1. The summed E-state index contributed by atoms with van der Waals surface area (Å²) in [6.07, 6.45) is 4.12. The highest BCUT2D eigenvalue weighted by atomic mass is 32.2. The number of carbonyl (C=O) groups is 1. The molecule has 0 spiro atoms. The maximum atomic E-state index is 12.3. The van der Waals surface area contributed by atoms with Crippen LogP contribution < -0.4 is 10.1 Å². The SMILES string of the molecule is CC(C)Sc1nnc(NC(=O)[C@@H](C)Oc2ccc3c(c2)CCCC3)s1. The van der Waals surface area contributed by atoms with Crippen molar-refractivity contribution in [3.8, 4) is 5.75 Å². The third-order valence-corrected chi connectivity index (χ3v) is 5.90. The average Bonchev–Trinajstić information content (AvgIpc) is 3.00. The van der Waals surface area contributed by atoms with Crippen LogP contribution in [0, 0.1) is 0 Å². The van der Waals surface area contributed by atoms with E-state index in [0.29, 0.717) is 10.4 Å². The van der Waals surface area contributed by atoms with Crippen LogP contribution in [0.25, 0.3) is 0 Å². The largest absolute Gasteiger partial charge is 0.481 e. The van der Waals surface area contributed by atoms with Gasteiger partial charge in [0.05, 0.1) is 0 Å². The lowest BCUT2D eigenvalue weighted by atomic mass is 9.92. The molecule has 0 saturated heterocycles. The van der Waals surface area contributed by atoms with Gasteiger partial charge < -0.3 is 4.74 Å². The molecule has 2 aromatic rings. The number of carbonyl (C=O) groups excluding carboxylic acids is 1. The number of rotatable bonds is 6. The number of nitrogens with zero attached hydrogens (tertiary/aromatic N) is 2. The zero-order valence-electron chi connectivity index (χ0n) is 14.7. The molecule has 0 bridgehead atoms. The van der Waals surface area contributed by atoms with E-state index in [1.54, 1.807) is 18.7 Å². The second-order valence-electron chi connectivity index (χ2n) is 6.43. The molecule has 1 heterocycles. The molecule has 0 saturated carbocycles. The third-order valence-electron chi connectivity index (χ3n) is 3.98. The van der Waals surface area contributed by atoms with E-state index in [1.807, 2.05) is 6.07 Å². The van der Waals surface area contributed by atoms with Crippen LogP contribution in [0.4, 0.5) is 5.13 Å². The summed E-state index contributed by atoms with van der Waals surface area (Å²) in [5, 5.41) is 11.8. The van der Waals surface area contributed by atoms with Crippen molar-refractivity contribution in [3.05, 3.63) is 29.3 Å². The molecule has 1 aromatic carbocycles. The van der Waals surface area contributed by atoms with Gasteiger partial charge in [0.25, 0.3) is 5.91 Å². The molecular formula is C18H23N3O2S2. The number of hydrogen-bond acceptors (Lipinski definition) is 6. The molecule has 1 aliphatic carbocycles. The van der Waals surface area contributed by atoms with E-state index in [1.165, 1.54) is 35.3 Å². The predicted molar refractivity (Wildman–Crippen MR) is 103 cm³/mol. The number of ether oxygens (including phenoxy) is 1. The average molecular weight is 378 g/mol. The summed E-state index contributed by atoms with van der Waals surface area (Å²) >= 11 is 3.02. The summed E-state index contributed by atoms with van der Waals surface area (Å²) in [6, 6.07) is 6.14. The Hall–Kier alpha value is -1.60. The number of nitrogens with one attached hydrogen (secondary N) is 1. The van der Waals surface area contributed by atoms with Crippen LogP contribution >= 0.6 is 23.1 Å². The van der Waals surface area contributed by atoms with Gasteiger partial charge in [-0.05, 0) is 55.9 Å². The molecule has 134 valence electrons. The van der Waals surface area contributed by atoms with E-state index in [-0.39, 0.29) is 5.91 Å². The van der Waals surface area contributed by atoms with Crippen molar-refractivity contribution in [2.45, 2.75) is 62.1 Å². The van der Waals surface area contributed by atoms with E-state index < -0.39 is 6.10 Å². The maximum Gasteiger partial charge on any atom is 0.266 e. The molecule has 0 radical (unpaired) electrons. The van der Waals surface area contributed by atoms with Crippen molar-refractivity contribution in [1.29, 1.82) is 0 Å². The highest BCUT2D eigenvalue weighted by Crippen LogP contribution is 2.29. The van der Waals surface area contributed by atoms with Gasteiger partial charge in [-0.15, -0.1) is 10.2 Å². The second kappa shape index (κ2) is 8.19. The Morgan fingerprint density at radius 2 is 1.96 bits per heavy atom. The molecule has 1 aromatic heterocycles. The first-order valence-electron chi connectivity index (χ1n) is 8.61. The van der Waals surface area contributed by atoms with E-state index in [4.69, 9.17) is 4.74 Å². The number of aromatic nitrogens is 2. The van der Waals surface area contributed by atoms with Crippen LogP contribution in [0.15, 0.2) is 22.5 Å². The first-order chi connectivity index (χ1) is 12.0. The lowest BCUT2D eigenvalue weighted by Gasteiger charge is -2.18. The summed E-state index contributed by atoms with van der Waals surface area (Å²) in [7, 11) is 0. The summed E-state index contributed by atoms with van der Waals surface area (Å²) in [6.45, 7) is 5.94. The first kappa shape index (κ1) is 18.2. The Balaban J connectivity index is 1.58. The number of anilines is 1. The van der Waals surface area contributed by atoms with Gasteiger partial charge >= 0.3 is 0 Å². The minimum absolute atomic E-state index is 0.213. The van der Waals surface area contributed by atoms with Gasteiger partial charge in [0.15, 0.2) is 10.4 Å². The summed E-state index contributed by atoms with van der Waals surface area (Å²) in [5.41, 5.74) is 2.75. The molecule has 0 unspecified atom stereocenters. The van der Waals surface area contributed by atoms with Crippen LogP contribution in [-0.4, -0.2) is 27.5 Å². The van der Waals surface area contributed by atoms with Crippen molar-refractivity contribution in [2.75, 3.05) is 5.32 Å². The van der Waals surface area contributed by atoms with Crippen molar-refractivity contribution in [2.24, 2.45) is 0 Å². The molecule has 0 aliphatic heterocycles. The topological polar surface area (TPSA) is 64.1 Å². The smallest absolute Gasteiger partial charge is 0.266 e. The van der Waals surface area contributed by atoms with E-state index in [2.05, 4.69) is 41.5 Å². The molecule has 25 heavy (non-hydrogen) atoms. The molecule has 1 aliphatic rings. The molecule has 1 N–H and O–H groups in total. The van der Waals surface area contributed by atoms with Crippen LogP contribution in [0.5, 0.6) is 5.75 Å². The fraction of sp³-hybridized carbons (Fsp3) is 0.500. The van der Waals surface area contributed by atoms with Crippen LogP contribution in [0.2, 0.25) is 0 Å². The second-order valence-corrected chi connectivity index (χ2v) is 9.23. The number of aryl methyl sites for hydroxylation is 2. The number of thioether (sulfide) groups is 1. The molecular weight excluding hydrogens is 354 g/mol. The Labute approximate surface area is 156 Å². The fourth-order valence-corrected chi connectivity index (χ4v) is 4.74. The van der Waals surface area contributed by atoms with Crippen LogP contribution in [0.3, 0.4) is 0 Å². The minimum atomic E-state index is -0.591. The molecule has 0 fully saturated rings.